The Balaban J connectivity index is 1.32. The minimum atomic E-state index is -0.315. The van der Waals surface area contributed by atoms with Crippen LogP contribution >= 0.6 is 0 Å². The zero-order chi connectivity index (χ0) is 24.8. The Hall–Kier alpha value is -3.68. The zero-order valence-corrected chi connectivity index (χ0v) is 20.6. The maximum Gasteiger partial charge on any atom is 0.251 e. The standard InChI is InChI=1S/C27H33N3O5/c1-4-34-24-9-6-19(14-25(24)35-5-2)27(32)29-17-26(31)30-12-10-18(11-13-30)22-16-28-23-8-7-20(33-3)15-21(22)23/h6-9,14-16,18,28H,4-5,10-13,17H2,1-3H3,(H,29,32). The lowest BCUT2D eigenvalue weighted by atomic mass is 9.89. The molecule has 8 nitrogen and oxygen atoms in total. The van der Waals surface area contributed by atoms with Crippen LogP contribution in [0.5, 0.6) is 17.2 Å². The van der Waals surface area contributed by atoms with Gasteiger partial charge in [-0.2, -0.15) is 0 Å². The Morgan fingerprint density at radius 3 is 2.49 bits per heavy atom. The van der Waals surface area contributed by atoms with E-state index in [2.05, 4.69) is 22.6 Å². The maximum atomic E-state index is 12.8. The molecule has 1 fully saturated rings. The van der Waals surface area contributed by atoms with Gasteiger partial charge in [0.25, 0.3) is 5.91 Å². The van der Waals surface area contributed by atoms with Crippen LogP contribution in [0.25, 0.3) is 10.9 Å². The third-order valence-corrected chi connectivity index (χ3v) is 6.41. The molecule has 1 saturated heterocycles. The number of hydrogen-bond acceptors (Lipinski definition) is 5. The predicted molar refractivity (Wildman–Crippen MR) is 135 cm³/mol. The van der Waals surface area contributed by atoms with Gasteiger partial charge in [-0.3, -0.25) is 9.59 Å². The van der Waals surface area contributed by atoms with Crippen molar-refractivity contribution in [3.05, 3.63) is 53.7 Å². The number of rotatable bonds is 9. The molecule has 0 aliphatic carbocycles. The van der Waals surface area contributed by atoms with Gasteiger partial charge in [0.15, 0.2) is 11.5 Å². The summed E-state index contributed by atoms with van der Waals surface area (Å²) >= 11 is 0. The number of carbonyl (C=O) groups excluding carboxylic acids is 2. The first-order valence-electron chi connectivity index (χ1n) is 12.1. The molecule has 0 radical (unpaired) electrons. The number of carbonyl (C=O) groups is 2. The number of H-pyrrole nitrogens is 1. The molecule has 2 N–H and O–H groups in total. The summed E-state index contributed by atoms with van der Waals surface area (Å²) in [4.78, 5) is 30.6. The monoisotopic (exact) mass is 479 g/mol. The molecule has 0 atom stereocenters. The van der Waals surface area contributed by atoms with Crippen LogP contribution in [-0.4, -0.2) is 61.7 Å². The molecule has 4 rings (SSSR count). The number of aromatic amines is 1. The Kier molecular flexibility index (Phi) is 7.80. The van der Waals surface area contributed by atoms with E-state index in [-0.39, 0.29) is 18.4 Å². The number of nitrogens with one attached hydrogen (secondary N) is 2. The van der Waals surface area contributed by atoms with Crippen molar-refractivity contribution < 1.29 is 23.8 Å². The largest absolute Gasteiger partial charge is 0.497 e. The number of benzene rings is 2. The number of amides is 2. The van der Waals surface area contributed by atoms with Gasteiger partial charge < -0.3 is 29.4 Å². The quantitative estimate of drug-likeness (QED) is 0.482. The van der Waals surface area contributed by atoms with Gasteiger partial charge in [-0.05, 0) is 74.6 Å². The fourth-order valence-corrected chi connectivity index (χ4v) is 4.59. The molecule has 0 spiro atoms. The number of fused-ring (bicyclic) bond motifs is 1. The molecule has 8 heteroatoms. The Morgan fingerprint density at radius 2 is 1.77 bits per heavy atom. The molecule has 35 heavy (non-hydrogen) atoms. The number of nitrogens with zero attached hydrogens (tertiary/aromatic N) is 1. The smallest absolute Gasteiger partial charge is 0.251 e. The van der Waals surface area contributed by atoms with Crippen molar-refractivity contribution in [3.8, 4) is 17.2 Å². The van der Waals surface area contributed by atoms with Crippen molar-refractivity contribution in [2.75, 3.05) is 40.0 Å². The highest BCUT2D eigenvalue weighted by molar-refractivity contribution is 5.97. The lowest BCUT2D eigenvalue weighted by molar-refractivity contribution is -0.131. The van der Waals surface area contributed by atoms with Gasteiger partial charge in [0.05, 0.1) is 26.9 Å². The summed E-state index contributed by atoms with van der Waals surface area (Å²) in [7, 11) is 1.67. The van der Waals surface area contributed by atoms with Crippen molar-refractivity contribution in [3.63, 3.8) is 0 Å². The lowest BCUT2D eigenvalue weighted by Crippen LogP contribution is -2.43. The second-order valence-electron chi connectivity index (χ2n) is 8.52. The van der Waals surface area contributed by atoms with Gasteiger partial charge >= 0.3 is 0 Å². The number of methoxy groups -OCH3 is 1. The highest BCUT2D eigenvalue weighted by atomic mass is 16.5. The van der Waals surface area contributed by atoms with Crippen molar-refractivity contribution in [1.82, 2.24) is 15.2 Å². The average molecular weight is 480 g/mol. The van der Waals surface area contributed by atoms with E-state index in [1.807, 2.05) is 30.9 Å². The number of hydrogen-bond donors (Lipinski definition) is 2. The van der Waals surface area contributed by atoms with Gasteiger partial charge in [-0.25, -0.2) is 0 Å². The van der Waals surface area contributed by atoms with Crippen LogP contribution in [0, 0.1) is 0 Å². The van der Waals surface area contributed by atoms with Crippen LogP contribution in [0.3, 0.4) is 0 Å². The van der Waals surface area contributed by atoms with Crippen LogP contribution in [0.15, 0.2) is 42.6 Å². The fraction of sp³-hybridized carbons (Fsp3) is 0.407. The Labute approximate surface area is 205 Å². The number of aromatic nitrogens is 1. The Bertz CT molecular complexity index is 1180. The van der Waals surface area contributed by atoms with E-state index in [1.165, 1.54) is 10.9 Å². The van der Waals surface area contributed by atoms with Crippen molar-refractivity contribution in [2.45, 2.75) is 32.6 Å². The van der Waals surface area contributed by atoms with Crippen molar-refractivity contribution in [1.29, 1.82) is 0 Å². The van der Waals surface area contributed by atoms with Crippen LogP contribution in [0.1, 0.15) is 48.5 Å². The maximum absolute atomic E-state index is 12.8. The molecule has 0 bridgehead atoms. The minimum Gasteiger partial charge on any atom is -0.497 e. The highest BCUT2D eigenvalue weighted by Gasteiger charge is 2.26. The molecule has 0 unspecified atom stereocenters. The normalized spacial score (nSPS) is 14.1. The molecule has 2 heterocycles. The molecule has 1 aliphatic rings. The van der Waals surface area contributed by atoms with E-state index >= 15 is 0 Å². The van der Waals surface area contributed by atoms with Gasteiger partial charge in [-0.1, -0.05) is 0 Å². The van der Waals surface area contributed by atoms with Crippen LogP contribution in [-0.2, 0) is 4.79 Å². The summed E-state index contributed by atoms with van der Waals surface area (Å²) in [5.74, 6) is 1.93. The second-order valence-corrected chi connectivity index (χ2v) is 8.52. The topological polar surface area (TPSA) is 92.9 Å². The molecule has 0 saturated carbocycles. The lowest BCUT2D eigenvalue weighted by Gasteiger charge is -2.32. The highest BCUT2D eigenvalue weighted by Crippen LogP contribution is 2.34. The molecule has 2 aromatic carbocycles. The third kappa shape index (κ3) is 5.53. The van der Waals surface area contributed by atoms with Crippen LogP contribution in [0.4, 0.5) is 0 Å². The average Bonchev–Trinajstić information content (AvgIpc) is 3.31. The molecule has 1 aromatic heterocycles. The first-order valence-corrected chi connectivity index (χ1v) is 12.1. The summed E-state index contributed by atoms with van der Waals surface area (Å²) in [6.45, 7) is 6.02. The first kappa shape index (κ1) is 24.4. The van der Waals surface area contributed by atoms with E-state index in [0.717, 1.165) is 24.1 Å². The van der Waals surface area contributed by atoms with E-state index in [4.69, 9.17) is 14.2 Å². The predicted octanol–water partition coefficient (Wildman–Crippen LogP) is 4.11. The summed E-state index contributed by atoms with van der Waals surface area (Å²) in [6.07, 6.45) is 3.82. The van der Waals surface area contributed by atoms with Gasteiger partial charge in [0.1, 0.15) is 5.75 Å². The summed E-state index contributed by atoms with van der Waals surface area (Å²) in [5.41, 5.74) is 2.78. The van der Waals surface area contributed by atoms with Gasteiger partial charge in [-0.15, -0.1) is 0 Å². The number of likely N-dealkylation sites (tertiary alicyclic amines) is 1. The molecular weight excluding hydrogens is 446 g/mol. The number of piperidine rings is 1. The van der Waals surface area contributed by atoms with E-state index < -0.39 is 0 Å². The first-order chi connectivity index (χ1) is 17.0. The van der Waals surface area contributed by atoms with Gasteiger partial charge in [0.2, 0.25) is 5.91 Å². The molecule has 1 aliphatic heterocycles. The summed E-state index contributed by atoms with van der Waals surface area (Å²) in [5, 5.41) is 3.92. The van der Waals surface area contributed by atoms with E-state index in [9.17, 15) is 9.59 Å². The second kappa shape index (κ2) is 11.2. The summed E-state index contributed by atoms with van der Waals surface area (Å²) < 4.78 is 16.5. The molecular formula is C27H33N3O5. The molecule has 2 amide bonds. The zero-order valence-electron chi connectivity index (χ0n) is 20.6. The van der Waals surface area contributed by atoms with Crippen LogP contribution < -0.4 is 19.5 Å². The van der Waals surface area contributed by atoms with Crippen molar-refractivity contribution >= 4 is 22.7 Å². The van der Waals surface area contributed by atoms with Crippen LogP contribution in [0.2, 0.25) is 0 Å². The van der Waals surface area contributed by atoms with Gasteiger partial charge in [0, 0.05) is 35.8 Å². The third-order valence-electron chi connectivity index (χ3n) is 6.41. The summed E-state index contributed by atoms with van der Waals surface area (Å²) in [6, 6.07) is 11.1. The van der Waals surface area contributed by atoms with Crippen molar-refractivity contribution in [2.24, 2.45) is 0 Å². The number of ether oxygens (including phenoxy) is 3. The molecule has 186 valence electrons. The minimum absolute atomic E-state index is 0.0367. The SMILES string of the molecule is CCOc1ccc(C(=O)NCC(=O)N2CCC(c3c[nH]c4ccc(OC)cc34)CC2)cc1OCC. The van der Waals surface area contributed by atoms with E-state index in [1.54, 1.807) is 25.3 Å². The fourth-order valence-electron chi connectivity index (χ4n) is 4.59. The molecule has 3 aromatic rings. The van der Waals surface area contributed by atoms with E-state index in [0.29, 0.717) is 49.3 Å². The Morgan fingerprint density at radius 1 is 1.03 bits per heavy atom.